The van der Waals surface area contributed by atoms with E-state index in [4.69, 9.17) is 29.0 Å². The summed E-state index contributed by atoms with van der Waals surface area (Å²) < 4.78 is 1.38. The number of hydrogen-bond donors (Lipinski definition) is 2. The molecule has 0 saturated carbocycles. The molecule has 0 aliphatic rings. The molecule has 0 radical (unpaired) electrons. The number of carbonyl (C=O) groups is 1. The summed E-state index contributed by atoms with van der Waals surface area (Å²) in [5.41, 5.74) is 0.458. The Morgan fingerprint density at radius 2 is 2.16 bits per heavy atom. The van der Waals surface area contributed by atoms with Crippen molar-refractivity contribution in [3.63, 3.8) is 0 Å². The highest BCUT2D eigenvalue weighted by Crippen LogP contribution is 2.29. The van der Waals surface area contributed by atoms with Gasteiger partial charge in [0, 0.05) is 5.02 Å². The molecule has 2 aromatic heterocycles. The normalized spacial score (nSPS) is 12.1. The monoisotopic (exact) mass is 413 g/mol. The SMILES string of the molecule is CC(Sc1nnc(-c2cccs2)n1N)C(=O)Nc1cc(Cl)ccc1Cl. The van der Waals surface area contributed by atoms with Crippen LogP contribution in [0.25, 0.3) is 10.7 Å². The zero-order chi connectivity index (χ0) is 18.0. The number of amides is 1. The summed E-state index contributed by atoms with van der Waals surface area (Å²) in [6.45, 7) is 1.75. The van der Waals surface area contributed by atoms with E-state index < -0.39 is 5.25 Å². The van der Waals surface area contributed by atoms with Crippen LogP contribution >= 0.6 is 46.3 Å². The van der Waals surface area contributed by atoms with Crippen LogP contribution in [0.5, 0.6) is 0 Å². The molecule has 0 aliphatic heterocycles. The van der Waals surface area contributed by atoms with Gasteiger partial charge < -0.3 is 11.2 Å². The van der Waals surface area contributed by atoms with Crippen LogP contribution in [-0.4, -0.2) is 26.0 Å². The topological polar surface area (TPSA) is 85.8 Å². The predicted molar refractivity (Wildman–Crippen MR) is 104 cm³/mol. The smallest absolute Gasteiger partial charge is 0.237 e. The number of nitrogens with two attached hydrogens (primary N) is 1. The minimum absolute atomic E-state index is 0.241. The number of nitrogen functional groups attached to an aromatic ring is 1. The number of benzene rings is 1. The number of halogens is 2. The molecule has 0 fully saturated rings. The first-order chi connectivity index (χ1) is 12.0. The second-order valence-electron chi connectivity index (χ2n) is 5.03. The molecule has 0 aliphatic carbocycles. The van der Waals surface area contributed by atoms with Crippen LogP contribution in [0.4, 0.5) is 5.69 Å². The zero-order valence-electron chi connectivity index (χ0n) is 12.9. The van der Waals surface area contributed by atoms with Crippen LogP contribution in [-0.2, 0) is 4.79 Å². The number of rotatable bonds is 5. The van der Waals surface area contributed by atoms with E-state index in [1.54, 1.807) is 25.1 Å². The van der Waals surface area contributed by atoms with Crippen molar-refractivity contribution in [3.05, 3.63) is 45.8 Å². The molecule has 2 heterocycles. The van der Waals surface area contributed by atoms with Crippen LogP contribution < -0.4 is 11.2 Å². The van der Waals surface area contributed by atoms with E-state index in [2.05, 4.69) is 15.5 Å². The first kappa shape index (κ1) is 18.1. The molecule has 10 heteroatoms. The maximum atomic E-state index is 12.4. The van der Waals surface area contributed by atoms with Gasteiger partial charge in [-0.25, -0.2) is 4.68 Å². The van der Waals surface area contributed by atoms with Crippen LogP contribution in [0.1, 0.15) is 6.92 Å². The first-order valence-corrected chi connectivity index (χ1v) is 9.64. The van der Waals surface area contributed by atoms with E-state index in [1.807, 2.05) is 17.5 Å². The number of anilines is 1. The van der Waals surface area contributed by atoms with Gasteiger partial charge in [0.05, 0.1) is 20.8 Å². The Morgan fingerprint density at radius 1 is 1.36 bits per heavy atom. The van der Waals surface area contributed by atoms with Crippen LogP contribution in [0.15, 0.2) is 40.9 Å². The number of hydrogen-bond acceptors (Lipinski definition) is 6. The second-order valence-corrected chi connectivity index (χ2v) is 8.13. The van der Waals surface area contributed by atoms with Gasteiger partial charge in [-0.05, 0) is 36.6 Å². The van der Waals surface area contributed by atoms with Crippen molar-refractivity contribution in [3.8, 4) is 10.7 Å². The Hall–Kier alpha value is -1.74. The predicted octanol–water partition coefficient (Wildman–Crippen LogP) is 4.15. The minimum atomic E-state index is -0.460. The van der Waals surface area contributed by atoms with Crippen molar-refractivity contribution in [2.24, 2.45) is 0 Å². The highest BCUT2D eigenvalue weighted by atomic mass is 35.5. The van der Waals surface area contributed by atoms with Crippen LogP contribution in [0, 0.1) is 0 Å². The van der Waals surface area contributed by atoms with Gasteiger partial charge >= 0.3 is 0 Å². The van der Waals surface area contributed by atoms with Crippen LogP contribution in [0.2, 0.25) is 10.0 Å². The summed E-state index contributed by atoms with van der Waals surface area (Å²) in [7, 11) is 0. The lowest BCUT2D eigenvalue weighted by Crippen LogP contribution is -2.23. The molecule has 3 aromatic rings. The van der Waals surface area contributed by atoms with Gasteiger partial charge in [-0.3, -0.25) is 4.79 Å². The summed E-state index contributed by atoms with van der Waals surface area (Å²) in [6.07, 6.45) is 0. The van der Waals surface area contributed by atoms with E-state index in [-0.39, 0.29) is 5.91 Å². The molecule has 1 aromatic carbocycles. The number of aromatic nitrogens is 3. The Balaban J connectivity index is 1.71. The molecule has 1 amide bonds. The molecule has 130 valence electrons. The number of thiophene rings is 1. The lowest BCUT2D eigenvalue weighted by atomic mass is 10.3. The molecule has 1 unspecified atom stereocenters. The fourth-order valence-electron chi connectivity index (χ4n) is 1.97. The largest absolute Gasteiger partial charge is 0.335 e. The van der Waals surface area contributed by atoms with Gasteiger partial charge in [-0.1, -0.05) is 41.0 Å². The average Bonchev–Trinajstić information content (AvgIpc) is 3.21. The fourth-order valence-corrected chi connectivity index (χ4v) is 3.78. The summed E-state index contributed by atoms with van der Waals surface area (Å²) in [5, 5.41) is 13.7. The summed E-state index contributed by atoms with van der Waals surface area (Å²) in [4.78, 5) is 13.3. The van der Waals surface area contributed by atoms with Gasteiger partial charge in [0.1, 0.15) is 0 Å². The van der Waals surface area contributed by atoms with E-state index in [1.165, 1.54) is 27.8 Å². The van der Waals surface area contributed by atoms with Crippen molar-refractivity contribution in [1.29, 1.82) is 0 Å². The average molecular weight is 414 g/mol. The van der Waals surface area contributed by atoms with Crippen molar-refractivity contribution in [2.75, 3.05) is 11.2 Å². The van der Waals surface area contributed by atoms with Crippen molar-refractivity contribution < 1.29 is 4.79 Å². The molecule has 25 heavy (non-hydrogen) atoms. The standard InChI is InChI=1S/C15H13Cl2N5OS2/c1-8(14(23)19-11-7-9(16)4-5-10(11)17)25-15-21-20-13(22(15)18)12-3-2-6-24-12/h2-8H,18H2,1H3,(H,19,23). The van der Waals surface area contributed by atoms with Gasteiger partial charge in [-0.15, -0.1) is 21.5 Å². The summed E-state index contributed by atoms with van der Waals surface area (Å²) in [5.74, 6) is 6.36. The lowest BCUT2D eigenvalue weighted by Gasteiger charge is -2.12. The Morgan fingerprint density at radius 3 is 2.88 bits per heavy atom. The van der Waals surface area contributed by atoms with Gasteiger partial charge in [0.25, 0.3) is 0 Å². The Labute approximate surface area is 162 Å². The molecule has 0 saturated heterocycles. The Kier molecular flexibility index (Phi) is 5.53. The molecule has 3 rings (SSSR count). The fraction of sp³-hybridized carbons (Fsp3) is 0.133. The molecular formula is C15H13Cl2N5OS2. The van der Waals surface area contributed by atoms with Gasteiger partial charge in [-0.2, -0.15) is 0 Å². The lowest BCUT2D eigenvalue weighted by molar-refractivity contribution is -0.115. The summed E-state index contributed by atoms with van der Waals surface area (Å²) >= 11 is 14.7. The van der Waals surface area contributed by atoms with E-state index in [9.17, 15) is 4.79 Å². The summed E-state index contributed by atoms with van der Waals surface area (Å²) in [6, 6.07) is 8.69. The Bertz CT molecular complexity index is 897. The van der Waals surface area contributed by atoms with Crippen molar-refractivity contribution in [1.82, 2.24) is 14.9 Å². The third-order valence-electron chi connectivity index (χ3n) is 3.24. The maximum Gasteiger partial charge on any atom is 0.237 e. The van der Waals surface area contributed by atoms with Gasteiger partial charge in [0.15, 0.2) is 5.82 Å². The van der Waals surface area contributed by atoms with E-state index in [0.29, 0.717) is 26.7 Å². The number of thioether (sulfide) groups is 1. The quantitative estimate of drug-likeness (QED) is 0.484. The number of nitrogens with one attached hydrogen (secondary N) is 1. The first-order valence-electron chi connectivity index (χ1n) is 7.12. The van der Waals surface area contributed by atoms with Crippen LogP contribution in [0.3, 0.4) is 0 Å². The molecule has 3 N–H and O–H groups in total. The zero-order valence-corrected chi connectivity index (χ0v) is 16.1. The van der Waals surface area contributed by atoms with Gasteiger partial charge in [0.2, 0.25) is 11.1 Å². The van der Waals surface area contributed by atoms with E-state index in [0.717, 1.165) is 4.88 Å². The molecule has 6 nitrogen and oxygen atoms in total. The molecule has 0 spiro atoms. The van der Waals surface area contributed by atoms with Crippen molar-refractivity contribution >= 4 is 57.9 Å². The number of carbonyl (C=O) groups excluding carboxylic acids is 1. The molecule has 0 bridgehead atoms. The molecule has 1 atom stereocenters. The molecular weight excluding hydrogens is 401 g/mol. The highest BCUT2D eigenvalue weighted by molar-refractivity contribution is 8.00. The third-order valence-corrected chi connectivity index (χ3v) is 5.73. The van der Waals surface area contributed by atoms with Crippen molar-refractivity contribution in [2.45, 2.75) is 17.3 Å². The minimum Gasteiger partial charge on any atom is -0.335 e. The second kappa shape index (κ2) is 7.65. The third kappa shape index (κ3) is 4.09. The maximum absolute atomic E-state index is 12.4. The number of nitrogens with zero attached hydrogens (tertiary/aromatic N) is 3. The van der Waals surface area contributed by atoms with E-state index >= 15 is 0 Å². The highest BCUT2D eigenvalue weighted by Gasteiger charge is 2.21.